The lowest BCUT2D eigenvalue weighted by molar-refractivity contribution is 0.321. The number of rotatable bonds is 13. The highest BCUT2D eigenvalue weighted by molar-refractivity contribution is 5.15. The molecular formula is C20H37NO. The summed E-state index contributed by atoms with van der Waals surface area (Å²) in [6, 6.07) is 2.15. The molecule has 0 saturated carbocycles. The van der Waals surface area contributed by atoms with Gasteiger partial charge in [0.25, 0.3) is 0 Å². The lowest BCUT2D eigenvalue weighted by atomic mass is 9.77. The summed E-state index contributed by atoms with van der Waals surface area (Å²) >= 11 is 0. The van der Waals surface area contributed by atoms with Gasteiger partial charge in [-0.1, -0.05) is 90.1 Å². The normalized spacial score (nSPS) is 12.0. The fourth-order valence-electron chi connectivity index (χ4n) is 3.27. The van der Waals surface area contributed by atoms with Crippen molar-refractivity contribution in [3.8, 4) is 0 Å². The van der Waals surface area contributed by atoms with Gasteiger partial charge in [-0.15, -0.1) is 0 Å². The van der Waals surface area contributed by atoms with Gasteiger partial charge in [0.05, 0.1) is 5.69 Å². The van der Waals surface area contributed by atoms with Crippen LogP contribution in [0.3, 0.4) is 0 Å². The Labute approximate surface area is 138 Å². The Balaban J connectivity index is 2.49. The fourth-order valence-corrected chi connectivity index (χ4v) is 3.27. The van der Waals surface area contributed by atoms with Crippen molar-refractivity contribution in [3.63, 3.8) is 0 Å². The molecule has 0 aliphatic carbocycles. The highest BCUT2D eigenvalue weighted by Crippen LogP contribution is 2.35. The summed E-state index contributed by atoms with van der Waals surface area (Å²) in [5.41, 5.74) is 1.38. The molecule has 128 valence electrons. The number of unbranched alkanes of at least 4 members (excludes halogenated alkanes) is 8. The summed E-state index contributed by atoms with van der Waals surface area (Å²) in [4.78, 5) is 0. The van der Waals surface area contributed by atoms with Crippen molar-refractivity contribution in [2.24, 2.45) is 0 Å². The minimum atomic E-state index is 0.205. The highest BCUT2D eigenvalue weighted by atomic mass is 16.5. The third-order valence-electron chi connectivity index (χ3n) is 4.91. The number of hydrogen-bond acceptors (Lipinski definition) is 2. The zero-order chi connectivity index (χ0) is 16.3. The predicted octanol–water partition coefficient (Wildman–Crippen LogP) is 6.96. The first-order chi connectivity index (χ1) is 10.6. The predicted molar refractivity (Wildman–Crippen MR) is 95.3 cm³/mol. The van der Waals surface area contributed by atoms with Gasteiger partial charge in [0, 0.05) is 11.5 Å². The molecule has 0 bridgehead atoms. The molecule has 0 aliphatic rings. The lowest BCUT2D eigenvalue weighted by Crippen LogP contribution is -2.22. The van der Waals surface area contributed by atoms with Gasteiger partial charge in [-0.05, 0) is 19.8 Å². The summed E-state index contributed by atoms with van der Waals surface area (Å²) < 4.78 is 5.35. The standard InChI is InChI=1S/C20H37NO/c1-5-7-9-11-13-15-20(4,16-14-12-10-8-6-2)19-17-18(3)22-21-19/h17H,5-16H2,1-4H3. The van der Waals surface area contributed by atoms with Crippen molar-refractivity contribution in [2.75, 3.05) is 0 Å². The van der Waals surface area contributed by atoms with E-state index >= 15 is 0 Å². The van der Waals surface area contributed by atoms with Gasteiger partial charge >= 0.3 is 0 Å². The van der Waals surface area contributed by atoms with E-state index in [1.54, 1.807) is 0 Å². The van der Waals surface area contributed by atoms with Gasteiger partial charge in [-0.2, -0.15) is 0 Å². The summed E-state index contributed by atoms with van der Waals surface area (Å²) in [7, 11) is 0. The van der Waals surface area contributed by atoms with Crippen LogP contribution in [0, 0.1) is 6.92 Å². The zero-order valence-corrected chi connectivity index (χ0v) is 15.4. The first-order valence-electron chi connectivity index (χ1n) is 9.56. The summed E-state index contributed by atoms with van der Waals surface area (Å²) in [6.45, 7) is 8.94. The molecule has 0 radical (unpaired) electrons. The van der Waals surface area contributed by atoms with E-state index in [1.807, 2.05) is 6.92 Å². The first-order valence-corrected chi connectivity index (χ1v) is 9.56. The van der Waals surface area contributed by atoms with Crippen LogP contribution in [0.2, 0.25) is 0 Å². The molecule has 2 heteroatoms. The van der Waals surface area contributed by atoms with Crippen LogP contribution in [-0.2, 0) is 5.41 Å². The Hall–Kier alpha value is -0.790. The van der Waals surface area contributed by atoms with Crippen LogP contribution in [-0.4, -0.2) is 5.16 Å². The van der Waals surface area contributed by atoms with Crippen molar-refractivity contribution in [1.82, 2.24) is 5.16 Å². The molecule has 0 aliphatic heterocycles. The van der Waals surface area contributed by atoms with Crippen molar-refractivity contribution < 1.29 is 4.52 Å². The highest BCUT2D eigenvalue weighted by Gasteiger charge is 2.29. The molecule has 0 N–H and O–H groups in total. The lowest BCUT2D eigenvalue weighted by Gasteiger charge is -2.27. The Morgan fingerprint density at radius 1 is 0.864 bits per heavy atom. The van der Waals surface area contributed by atoms with Gasteiger partial charge in [0.2, 0.25) is 0 Å². The number of nitrogens with zero attached hydrogens (tertiary/aromatic N) is 1. The topological polar surface area (TPSA) is 26.0 Å². The van der Waals surface area contributed by atoms with Crippen LogP contribution in [0.1, 0.15) is 109 Å². The average Bonchev–Trinajstić information content (AvgIpc) is 2.94. The molecule has 0 fully saturated rings. The zero-order valence-electron chi connectivity index (χ0n) is 15.4. The maximum atomic E-state index is 5.35. The van der Waals surface area contributed by atoms with E-state index < -0.39 is 0 Å². The first kappa shape index (κ1) is 19.3. The number of hydrogen-bond donors (Lipinski definition) is 0. The van der Waals surface area contributed by atoms with Gasteiger partial charge in [-0.25, -0.2) is 0 Å². The third kappa shape index (κ3) is 6.98. The molecule has 0 saturated heterocycles. The summed E-state index contributed by atoms with van der Waals surface area (Å²) in [5.74, 6) is 0.943. The molecule has 2 nitrogen and oxygen atoms in total. The second kappa shape index (κ2) is 10.9. The minimum absolute atomic E-state index is 0.205. The molecule has 0 atom stereocenters. The van der Waals surface area contributed by atoms with E-state index in [4.69, 9.17) is 4.52 Å². The number of aryl methyl sites for hydroxylation is 1. The molecule has 1 aromatic rings. The van der Waals surface area contributed by atoms with Gasteiger partial charge in [0.1, 0.15) is 5.76 Å². The van der Waals surface area contributed by atoms with Crippen molar-refractivity contribution in [3.05, 3.63) is 17.5 Å². The van der Waals surface area contributed by atoms with E-state index in [0.717, 1.165) is 5.76 Å². The van der Waals surface area contributed by atoms with Crippen LogP contribution in [0.15, 0.2) is 10.6 Å². The van der Waals surface area contributed by atoms with Crippen LogP contribution in [0.25, 0.3) is 0 Å². The maximum Gasteiger partial charge on any atom is 0.133 e. The monoisotopic (exact) mass is 307 g/mol. The van der Waals surface area contributed by atoms with Crippen LogP contribution in [0.5, 0.6) is 0 Å². The summed E-state index contributed by atoms with van der Waals surface area (Å²) in [5, 5.41) is 4.34. The van der Waals surface area contributed by atoms with Crippen LogP contribution < -0.4 is 0 Å². The quantitative estimate of drug-likeness (QED) is 0.368. The smallest absolute Gasteiger partial charge is 0.133 e. The molecule has 1 aromatic heterocycles. The average molecular weight is 308 g/mol. The Morgan fingerprint density at radius 2 is 1.36 bits per heavy atom. The Morgan fingerprint density at radius 3 is 1.77 bits per heavy atom. The van der Waals surface area contributed by atoms with E-state index in [9.17, 15) is 0 Å². The van der Waals surface area contributed by atoms with Gasteiger partial charge in [-0.3, -0.25) is 0 Å². The Kier molecular flexibility index (Phi) is 9.50. The molecule has 0 aromatic carbocycles. The van der Waals surface area contributed by atoms with E-state index in [1.165, 1.54) is 82.7 Å². The largest absolute Gasteiger partial charge is 0.361 e. The third-order valence-corrected chi connectivity index (χ3v) is 4.91. The van der Waals surface area contributed by atoms with Crippen molar-refractivity contribution in [1.29, 1.82) is 0 Å². The minimum Gasteiger partial charge on any atom is -0.361 e. The molecule has 0 amide bonds. The van der Waals surface area contributed by atoms with Crippen molar-refractivity contribution in [2.45, 2.75) is 110 Å². The molecule has 1 heterocycles. The number of aromatic nitrogens is 1. The van der Waals surface area contributed by atoms with Crippen molar-refractivity contribution >= 4 is 0 Å². The Bertz CT molecular complexity index is 369. The SMILES string of the molecule is CCCCCCCC(C)(CCCCCCC)c1cc(C)on1. The van der Waals surface area contributed by atoms with Gasteiger partial charge in [0.15, 0.2) is 0 Å². The van der Waals surface area contributed by atoms with Crippen LogP contribution >= 0.6 is 0 Å². The van der Waals surface area contributed by atoms with Crippen LogP contribution in [0.4, 0.5) is 0 Å². The molecule has 0 unspecified atom stereocenters. The second-order valence-corrected chi connectivity index (χ2v) is 7.21. The van der Waals surface area contributed by atoms with E-state index in [-0.39, 0.29) is 5.41 Å². The summed E-state index contributed by atoms with van der Waals surface area (Å²) in [6.07, 6.45) is 16.0. The van der Waals surface area contributed by atoms with E-state index in [0.29, 0.717) is 0 Å². The molecular weight excluding hydrogens is 270 g/mol. The maximum absolute atomic E-state index is 5.35. The second-order valence-electron chi connectivity index (χ2n) is 7.21. The molecule has 22 heavy (non-hydrogen) atoms. The van der Waals surface area contributed by atoms with Gasteiger partial charge < -0.3 is 4.52 Å². The van der Waals surface area contributed by atoms with E-state index in [2.05, 4.69) is 32.0 Å². The fraction of sp³-hybridized carbons (Fsp3) is 0.850. The molecule has 0 spiro atoms. The molecule has 1 rings (SSSR count).